The monoisotopic (exact) mass is 445 g/mol. The van der Waals surface area contributed by atoms with Crippen LogP contribution in [0.3, 0.4) is 0 Å². The van der Waals surface area contributed by atoms with E-state index in [4.69, 9.17) is 0 Å². The summed E-state index contributed by atoms with van der Waals surface area (Å²) in [6.45, 7) is 0. The predicted molar refractivity (Wildman–Crippen MR) is 88.0 cm³/mol. The van der Waals surface area contributed by atoms with Crippen molar-refractivity contribution in [2.75, 3.05) is 0 Å². The topological polar surface area (TPSA) is 60.2 Å². The molecule has 0 atom stereocenters. The summed E-state index contributed by atoms with van der Waals surface area (Å²) < 4.78 is 1.64. The summed E-state index contributed by atoms with van der Waals surface area (Å²) in [4.78, 5) is 22.8. The summed E-state index contributed by atoms with van der Waals surface area (Å²) in [5.74, 6) is -0.134. The van der Waals surface area contributed by atoms with Crippen LogP contribution in [0.25, 0.3) is 0 Å². The van der Waals surface area contributed by atoms with Gasteiger partial charge >= 0.3 is 0 Å². The lowest BCUT2D eigenvalue weighted by molar-refractivity contribution is -0.385. The van der Waals surface area contributed by atoms with Crippen molar-refractivity contribution < 1.29 is 9.72 Å². The number of hydrogen-bond donors (Lipinski definition) is 0. The molecule has 0 unspecified atom stereocenters. The molecule has 2 rings (SSSR count). The Balaban J connectivity index is 2.33. The zero-order valence-electron chi connectivity index (χ0n) is 10.2. The summed E-state index contributed by atoms with van der Waals surface area (Å²) in [5, 5.41) is 10.9. The number of carbonyl (C=O) groups excluding carboxylic acids is 1. The van der Waals surface area contributed by atoms with Gasteiger partial charge in [0.1, 0.15) is 0 Å². The number of Topliss-reactive ketones (excluding diaryl/α,β-unsaturated/α-hetero) is 1. The first-order chi connectivity index (χ1) is 9.49. The molecule has 0 aliphatic heterocycles. The van der Waals surface area contributed by atoms with Crippen LogP contribution in [0.1, 0.15) is 15.9 Å². The Morgan fingerprint density at radius 1 is 1.25 bits per heavy atom. The van der Waals surface area contributed by atoms with Crippen LogP contribution in [0, 0.1) is 13.7 Å². The zero-order valence-corrected chi connectivity index (χ0v) is 13.9. The van der Waals surface area contributed by atoms with E-state index in [0.29, 0.717) is 11.1 Å². The first kappa shape index (κ1) is 15.1. The smallest absolute Gasteiger partial charge is 0.273 e. The van der Waals surface area contributed by atoms with Gasteiger partial charge in [0.05, 0.1) is 4.92 Å². The molecule has 6 heteroatoms. The van der Waals surface area contributed by atoms with E-state index in [-0.39, 0.29) is 17.9 Å². The van der Waals surface area contributed by atoms with Crippen LogP contribution in [-0.4, -0.2) is 10.7 Å². The number of ketones is 1. The number of benzene rings is 2. The van der Waals surface area contributed by atoms with Crippen molar-refractivity contribution in [3.05, 3.63) is 71.7 Å². The highest BCUT2D eigenvalue weighted by atomic mass is 127. The number of nitrogens with zero attached hydrogens (tertiary/aromatic N) is 1. The van der Waals surface area contributed by atoms with Gasteiger partial charge in [0.2, 0.25) is 0 Å². The van der Waals surface area contributed by atoms with E-state index < -0.39 is 4.92 Å². The van der Waals surface area contributed by atoms with Crippen LogP contribution in [0.15, 0.2) is 46.9 Å². The highest BCUT2D eigenvalue weighted by Crippen LogP contribution is 2.23. The highest BCUT2D eigenvalue weighted by Gasteiger charge is 2.18. The second-order valence-corrected chi connectivity index (χ2v) is 6.19. The maximum Gasteiger partial charge on any atom is 0.273 e. The van der Waals surface area contributed by atoms with Gasteiger partial charge in [0, 0.05) is 31.7 Å². The van der Waals surface area contributed by atoms with Crippen LogP contribution in [0.4, 0.5) is 5.69 Å². The molecule has 2 aromatic rings. The van der Waals surface area contributed by atoms with Crippen LogP contribution in [-0.2, 0) is 6.42 Å². The quantitative estimate of drug-likeness (QED) is 0.303. The third-order valence-electron chi connectivity index (χ3n) is 2.77. The summed E-state index contributed by atoms with van der Waals surface area (Å²) in [6.07, 6.45) is 0.0175. The molecular weight excluding hydrogens is 437 g/mol. The van der Waals surface area contributed by atoms with Gasteiger partial charge in [-0.25, -0.2) is 0 Å². The fourth-order valence-electron chi connectivity index (χ4n) is 1.82. The number of nitro benzene ring substituents is 1. The Kier molecular flexibility index (Phi) is 4.87. The first-order valence-corrected chi connectivity index (χ1v) is 7.57. The number of halogens is 2. The maximum atomic E-state index is 12.3. The lowest BCUT2D eigenvalue weighted by Gasteiger charge is -2.05. The molecule has 102 valence electrons. The molecule has 0 amide bonds. The number of para-hydroxylation sites is 1. The normalized spacial score (nSPS) is 10.3. The molecule has 0 saturated carbocycles. The zero-order chi connectivity index (χ0) is 14.7. The summed E-state index contributed by atoms with van der Waals surface area (Å²) in [6, 6.07) is 11.7. The fourth-order valence-corrected chi connectivity index (χ4v) is 2.82. The van der Waals surface area contributed by atoms with Gasteiger partial charge in [-0.1, -0.05) is 34.1 Å². The average Bonchev–Trinajstić information content (AvgIpc) is 2.41. The van der Waals surface area contributed by atoms with E-state index >= 15 is 0 Å². The van der Waals surface area contributed by atoms with Crippen molar-refractivity contribution in [1.82, 2.24) is 0 Å². The predicted octanol–water partition coefficient (Wildman–Crippen LogP) is 4.39. The lowest BCUT2D eigenvalue weighted by Crippen LogP contribution is -2.07. The van der Waals surface area contributed by atoms with Crippen LogP contribution in [0.2, 0.25) is 0 Å². The van der Waals surface area contributed by atoms with Crippen molar-refractivity contribution in [2.45, 2.75) is 6.42 Å². The number of hydrogen-bond acceptors (Lipinski definition) is 3. The molecule has 2 aromatic carbocycles. The van der Waals surface area contributed by atoms with Crippen molar-refractivity contribution >= 4 is 50.0 Å². The molecule has 0 radical (unpaired) electrons. The second-order valence-electron chi connectivity index (χ2n) is 4.11. The average molecular weight is 446 g/mol. The highest BCUT2D eigenvalue weighted by molar-refractivity contribution is 14.1. The molecule has 0 N–H and O–H groups in total. The molecule has 20 heavy (non-hydrogen) atoms. The van der Waals surface area contributed by atoms with Gasteiger partial charge in [-0.2, -0.15) is 0 Å². The minimum Gasteiger partial charge on any atom is -0.294 e. The Labute approximate surface area is 137 Å². The Morgan fingerprint density at radius 3 is 2.65 bits per heavy atom. The van der Waals surface area contributed by atoms with Crippen molar-refractivity contribution in [3.63, 3.8) is 0 Å². The molecule has 0 saturated heterocycles. The molecule has 0 spiro atoms. The van der Waals surface area contributed by atoms with Crippen LogP contribution >= 0.6 is 38.5 Å². The van der Waals surface area contributed by atoms with Gasteiger partial charge in [0.15, 0.2) is 5.78 Å². The third-order valence-corrected chi connectivity index (χ3v) is 4.20. The van der Waals surface area contributed by atoms with E-state index in [1.807, 2.05) is 12.1 Å². The molecule has 0 fully saturated rings. The summed E-state index contributed by atoms with van der Waals surface area (Å²) in [5.41, 5.74) is 0.974. The molecule has 0 heterocycles. The minimum atomic E-state index is -0.464. The van der Waals surface area contributed by atoms with Crippen LogP contribution < -0.4 is 0 Å². The maximum absolute atomic E-state index is 12.3. The van der Waals surface area contributed by atoms with Gasteiger partial charge in [0.25, 0.3) is 5.69 Å². The van der Waals surface area contributed by atoms with E-state index in [0.717, 1.165) is 8.04 Å². The standard InChI is InChI=1S/C14H9BrINO3/c15-10-5-6-12(16)11(8-10)14(18)7-9-3-1-2-4-13(9)17(19)20/h1-6,8H,7H2. The molecule has 0 aromatic heterocycles. The molecule has 0 bridgehead atoms. The Hall–Kier alpha value is -1.28. The summed E-state index contributed by atoms with van der Waals surface area (Å²) in [7, 11) is 0. The SMILES string of the molecule is O=C(Cc1ccccc1[N+](=O)[O-])c1cc(Br)ccc1I. The summed E-state index contributed by atoms with van der Waals surface area (Å²) >= 11 is 5.41. The van der Waals surface area contributed by atoms with Crippen molar-refractivity contribution in [3.8, 4) is 0 Å². The molecule has 0 aliphatic carbocycles. The van der Waals surface area contributed by atoms with Crippen molar-refractivity contribution in [1.29, 1.82) is 0 Å². The van der Waals surface area contributed by atoms with E-state index in [9.17, 15) is 14.9 Å². The first-order valence-electron chi connectivity index (χ1n) is 5.69. The fraction of sp³-hybridized carbons (Fsp3) is 0.0714. The van der Waals surface area contributed by atoms with Gasteiger partial charge < -0.3 is 0 Å². The lowest BCUT2D eigenvalue weighted by atomic mass is 10.0. The Morgan fingerprint density at radius 2 is 1.95 bits per heavy atom. The van der Waals surface area contributed by atoms with E-state index in [1.165, 1.54) is 6.07 Å². The second kappa shape index (κ2) is 6.45. The largest absolute Gasteiger partial charge is 0.294 e. The van der Waals surface area contributed by atoms with Crippen LogP contribution in [0.5, 0.6) is 0 Å². The minimum absolute atomic E-state index is 0.0175. The Bertz CT molecular complexity index is 688. The number of nitro groups is 1. The molecular formula is C14H9BrINO3. The van der Waals surface area contributed by atoms with E-state index in [2.05, 4.69) is 38.5 Å². The van der Waals surface area contributed by atoms with Gasteiger partial charge in [-0.3, -0.25) is 14.9 Å². The molecule has 0 aliphatic rings. The van der Waals surface area contributed by atoms with Gasteiger partial charge in [-0.05, 0) is 40.8 Å². The third kappa shape index (κ3) is 3.43. The van der Waals surface area contributed by atoms with E-state index in [1.54, 1.807) is 24.3 Å². The number of carbonyl (C=O) groups is 1. The van der Waals surface area contributed by atoms with Gasteiger partial charge in [-0.15, -0.1) is 0 Å². The van der Waals surface area contributed by atoms with Crippen molar-refractivity contribution in [2.24, 2.45) is 0 Å². The number of rotatable bonds is 4. The molecule has 4 nitrogen and oxygen atoms in total.